The van der Waals surface area contributed by atoms with Gasteiger partial charge in [0.1, 0.15) is 5.69 Å². The number of hydrogen-bond acceptors (Lipinski definition) is 6. The number of nitro groups is 1. The van der Waals surface area contributed by atoms with Gasteiger partial charge in [0.05, 0.1) is 15.5 Å². The van der Waals surface area contributed by atoms with Crippen LogP contribution >= 0.6 is 23.8 Å². The molecule has 30 heavy (non-hydrogen) atoms. The Morgan fingerprint density at radius 1 is 1.17 bits per heavy atom. The average Bonchev–Trinajstić information content (AvgIpc) is 3.23. The van der Waals surface area contributed by atoms with E-state index in [9.17, 15) is 19.7 Å². The number of nitrogens with zero attached hydrogens (tertiary/aromatic N) is 2. The molecule has 1 aliphatic rings. The SMILES string of the molecule is O=C(NC(=S)Nc1ccc(Cl)c(C(=O)O)c1)c1ccc(N2CCCC2)c([N+](=O)[O-])c1. The molecular formula is C19H17ClN4O5S. The zero-order valence-corrected chi connectivity index (χ0v) is 17.1. The number of rotatable bonds is 5. The van der Waals surface area contributed by atoms with Crippen LogP contribution in [0.5, 0.6) is 0 Å². The summed E-state index contributed by atoms with van der Waals surface area (Å²) in [7, 11) is 0. The Hall–Kier alpha value is -3.24. The second kappa shape index (κ2) is 9.06. The Kier molecular flexibility index (Phi) is 6.48. The van der Waals surface area contributed by atoms with Crippen LogP contribution in [0, 0.1) is 10.1 Å². The van der Waals surface area contributed by atoms with Crippen molar-refractivity contribution in [2.75, 3.05) is 23.3 Å². The highest BCUT2D eigenvalue weighted by molar-refractivity contribution is 7.80. The number of thiocarbonyl (C=S) groups is 1. The monoisotopic (exact) mass is 448 g/mol. The first-order valence-electron chi connectivity index (χ1n) is 8.95. The number of aromatic carboxylic acids is 1. The van der Waals surface area contributed by atoms with Gasteiger partial charge in [0.2, 0.25) is 0 Å². The molecule has 0 bridgehead atoms. The minimum absolute atomic E-state index is 0.0633. The number of anilines is 2. The molecule has 1 amide bonds. The first-order chi connectivity index (χ1) is 14.3. The fourth-order valence-corrected chi connectivity index (χ4v) is 3.55. The van der Waals surface area contributed by atoms with Crippen molar-refractivity contribution in [3.05, 3.63) is 62.7 Å². The second-order valence-electron chi connectivity index (χ2n) is 6.56. The average molecular weight is 449 g/mol. The molecule has 0 unspecified atom stereocenters. The van der Waals surface area contributed by atoms with Gasteiger partial charge in [-0.15, -0.1) is 0 Å². The fourth-order valence-electron chi connectivity index (χ4n) is 3.14. The largest absolute Gasteiger partial charge is 0.478 e. The van der Waals surface area contributed by atoms with Crippen LogP contribution in [0.2, 0.25) is 5.02 Å². The van der Waals surface area contributed by atoms with E-state index in [0.717, 1.165) is 25.9 Å². The predicted molar refractivity (Wildman–Crippen MR) is 117 cm³/mol. The van der Waals surface area contributed by atoms with E-state index >= 15 is 0 Å². The molecule has 1 fully saturated rings. The van der Waals surface area contributed by atoms with Crippen molar-refractivity contribution in [2.24, 2.45) is 0 Å². The molecule has 156 valence electrons. The smallest absolute Gasteiger partial charge is 0.337 e. The Morgan fingerprint density at radius 3 is 2.50 bits per heavy atom. The molecule has 0 atom stereocenters. The number of nitro benzene ring substituents is 1. The third-order valence-electron chi connectivity index (χ3n) is 4.56. The van der Waals surface area contributed by atoms with Crippen molar-refractivity contribution in [1.82, 2.24) is 5.32 Å². The highest BCUT2D eigenvalue weighted by Crippen LogP contribution is 2.31. The predicted octanol–water partition coefficient (Wildman–Crippen LogP) is 3.67. The van der Waals surface area contributed by atoms with E-state index in [2.05, 4.69) is 10.6 Å². The van der Waals surface area contributed by atoms with Gasteiger partial charge in [-0.1, -0.05) is 11.6 Å². The van der Waals surface area contributed by atoms with Gasteiger partial charge in [-0.25, -0.2) is 4.79 Å². The molecule has 9 nitrogen and oxygen atoms in total. The van der Waals surface area contributed by atoms with Crippen molar-refractivity contribution in [3.8, 4) is 0 Å². The molecule has 1 saturated heterocycles. The first kappa shape index (κ1) is 21.5. The number of carboxylic acids is 1. The topological polar surface area (TPSA) is 125 Å². The molecule has 1 aliphatic heterocycles. The van der Waals surface area contributed by atoms with Crippen LogP contribution in [0.4, 0.5) is 17.1 Å². The van der Waals surface area contributed by atoms with Gasteiger partial charge in [0.15, 0.2) is 5.11 Å². The number of carbonyl (C=O) groups is 2. The molecule has 2 aromatic rings. The van der Waals surface area contributed by atoms with E-state index in [1.54, 1.807) is 6.07 Å². The summed E-state index contributed by atoms with van der Waals surface area (Å²) in [5, 5.41) is 25.7. The molecular weight excluding hydrogens is 432 g/mol. The highest BCUT2D eigenvalue weighted by Gasteiger charge is 2.24. The Morgan fingerprint density at radius 2 is 1.87 bits per heavy atom. The minimum Gasteiger partial charge on any atom is -0.478 e. The maximum absolute atomic E-state index is 12.5. The quantitative estimate of drug-likeness (QED) is 0.359. The van der Waals surface area contributed by atoms with E-state index in [4.69, 9.17) is 28.9 Å². The van der Waals surface area contributed by atoms with E-state index < -0.39 is 16.8 Å². The molecule has 0 radical (unpaired) electrons. The van der Waals surface area contributed by atoms with Gasteiger partial charge in [0, 0.05) is 30.4 Å². The molecule has 3 rings (SSSR count). The zero-order valence-electron chi connectivity index (χ0n) is 15.6. The highest BCUT2D eigenvalue weighted by atomic mass is 35.5. The lowest BCUT2D eigenvalue weighted by molar-refractivity contribution is -0.384. The zero-order chi connectivity index (χ0) is 21.8. The number of amides is 1. The molecule has 0 saturated carbocycles. The van der Waals surface area contributed by atoms with Crippen molar-refractivity contribution in [1.29, 1.82) is 0 Å². The number of carbonyl (C=O) groups excluding carboxylic acids is 1. The van der Waals surface area contributed by atoms with Gasteiger partial charge in [-0.3, -0.25) is 20.2 Å². The van der Waals surface area contributed by atoms with E-state index in [1.165, 1.54) is 30.3 Å². The Bertz CT molecular complexity index is 1040. The van der Waals surface area contributed by atoms with Gasteiger partial charge in [-0.2, -0.15) is 0 Å². The third kappa shape index (κ3) is 4.84. The molecule has 11 heteroatoms. The van der Waals surface area contributed by atoms with Gasteiger partial charge >= 0.3 is 5.97 Å². The molecule has 1 heterocycles. The van der Waals surface area contributed by atoms with Gasteiger partial charge < -0.3 is 15.3 Å². The summed E-state index contributed by atoms with van der Waals surface area (Å²) in [6.07, 6.45) is 1.93. The molecule has 2 aromatic carbocycles. The molecule has 0 spiro atoms. The van der Waals surface area contributed by atoms with Crippen molar-refractivity contribution >= 4 is 57.9 Å². The summed E-state index contributed by atoms with van der Waals surface area (Å²) in [4.78, 5) is 36.5. The third-order valence-corrected chi connectivity index (χ3v) is 5.10. The van der Waals surface area contributed by atoms with Gasteiger partial charge in [0.25, 0.3) is 11.6 Å². The maximum Gasteiger partial charge on any atom is 0.337 e. The minimum atomic E-state index is -1.20. The Labute approximate surface area is 181 Å². The Balaban J connectivity index is 1.73. The fraction of sp³-hybridized carbons (Fsp3) is 0.211. The van der Waals surface area contributed by atoms with Crippen LogP contribution in [0.25, 0.3) is 0 Å². The number of carboxylic acid groups (broad SMARTS) is 1. The summed E-state index contributed by atoms with van der Waals surface area (Å²) >= 11 is 10.9. The summed E-state index contributed by atoms with van der Waals surface area (Å²) in [6, 6.07) is 8.45. The normalized spacial score (nSPS) is 13.0. The number of hydrogen-bond donors (Lipinski definition) is 3. The lowest BCUT2D eigenvalue weighted by Crippen LogP contribution is -2.34. The number of benzene rings is 2. The van der Waals surface area contributed by atoms with E-state index in [-0.39, 0.29) is 26.9 Å². The summed E-state index contributed by atoms with van der Waals surface area (Å²) in [6.45, 7) is 1.47. The number of halogens is 1. The van der Waals surface area contributed by atoms with Crippen molar-refractivity contribution in [2.45, 2.75) is 12.8 Å². The van der Waals surface area contributed by atoms with Crippen LogP contribution in [-0.4, -0.2) is 40.1 Å². The van der Waals surface area contributed by atoms with Gasteiger partial charge in [-0.05, 0) is 55.4 Å². The maximum atomic E-state index is 12.5. The molecule has 0 aliphatic carbocycles. The second-order valence-corrected chi connectivity index (χ2v) is 7.38. The van der Waals surface area contributed by atoms with Crippen molar-refractivity contribution in [3.63, 3.8) is 0 Å². The summed E-state index contributed by atoms with van der Waals surface area (Å²) in [5.41, 5.74) is 0.613. The lowest BCUT2D eigenvalue weighted by Gasteiger charge is -2.18. The lowest BCUT2D eigenvalue weighted by atomic mass is 10.1. The van der Waals surface area contributed by atoms with Crippen LogP contribution < -0.4 is 15.5 Å². The summed E-state index contributed by atoms with van der Waals surface area (Å²) < 4.78 is 0. The van der Waals surface area contributed by atoms with E-state index in [0.29, 0.717) is 11.4 Å². The first-order valence-corrected chi connectivity index (χ1v) is 9.73. The van der Waals surface area contributed by atoms with Crippen LogP contribution in [0.1, 0.15) is 33.6 Å². The van der Waals surface area contributed by atoms with Crippen LogP contribution in [0.15, 0.2) is 36.4 Å². The van der Waals surface area contributed by atoms with Crippen molar-refractivity contribution < 1.29 is 19.6 Å². The summed E-state index contributed by atoms with van der Waals surface area (Å²) in [5.74, 6) is -1.83. The van der Waals surface area contributed by atoms with E-state index in [1.807, 2.05) is 4.90 Å². The molecule has 0 aromatic heterocycles. The van der Waals surface area contributed by atoms with Crippen LogP contribution in [0.3, 0.4) is 0 Å². The number of nitrogens with one attached hydrogen (secondary N) is 2. The molecule has 3 N–H and O–H groups in total. The van der Waals surface area contributed by atoms with Crippen LogP contribution in [-0.2, 0) is 0 Å². The standard InChI is InChI=1S/C19H17ClN4O5S/c20-14-5-4-12(10-13(14)18(26)27)21-19(30)22-17(25)11-3-6-15(16(9-11)24(28)29)23-7-1-2-8-23/h3-6,9-10H,1-2,7-8H2,(H,26,27)(H2,21,22,25,30).